The van der Waals surface area contributed by atoms with E-state index in [0.29, 0.717) is 28.0 Å². The molecule has 0 fully saturated rings. The van der Waals surface area contributed by atoms with Crippen molar-refractivity contribution in [2.24, 2.45) is 0 Å². The molecule has 1 aliphatic carbocycles. The van der Waals surface area contributed by atoms with Crippen molar-refractivity contribution in [1.29, 1.82) is 0 Å². The lowest BCUT2D eigenvalue weighted by atomic mass is 9.97. The number of nitrogen functional groups attached to an aromatic ring is 1. The topological polar surface area (TPSA) is 107 Å². The highest BCUT2D eigenvalue weighted by molar-refractivity contribution is 6.08. The molecule has 0 spiro atoms. The lowest BCUT2D eigenvalue weighted by Gasteiger charge is -2.23. The van der Waals surface area contributed by atoms with Gasteiger partial charge in [-0.05, 0) is 36.8 Å². The second-order valence-electron chi connectivity index (χ2n) is 8.55. The Morgan fingerprint density at radius 3 is 2.69 bits per heavy atom. The summed E-state index contributed by atoms with van der Waals surface area (Å²) < 4.78 is 3.08. The fourth-order valence-electron chi connectivity index (χ4n) is 4.92. The van der Waals surface area contributed by atoms with Crippen LogP contribution in [0.15, 0.2) is 65.7 Å². The maximum atomic E-state index is 14.0. The number of nitrogens with zero attached hydrogens (tertiary/aromatic N) is 4. The van der Waals surface area contributed by atoms with E-state index in [0.717, 1.165) is 16.5 Å². The molecule has 0 saturated heterocycles. The molecule has 2 aromatic carbocycles. The number of carbonyl (C=O) groups excluding carboxylic acids is 1. The van der Waals surface area contributed by atoms with Crippen LogP contribution in [-0.2, 0) is 0 Å². The first kappa shape index (κ1) is 21.4. The lowest BCUT2D eigenvalue weighted by Crippen LogP contribution is -2.33. The maximum absolute atomic E-state index is 14.0. The minimum atomic E-state index is -0.576. The standard InChI is InChI=1S/C28H20N6O2/c1-3-17-10-11-18-12-13-20-21(18)22(17)28(36)34(19-8-5-4-6-9-19)24(20)16(2)31-27(35)23-25(29)32-33-15-7-14-30-26(23)33/h1,4-16H,2H3,(H2,29,32)(H,31,35)/t16-/m0/s1. The first-order valence-corrected chi connectivity index (χ1v) is 11.3. The van der Waals surface area contributed by atoms with Gasteiger partial charge < -0.3 is 11.1 Å². The number of pyridine rings is 1. The Morgan fingerprint density at radius 1 is 1.11 bits per heavy atom. The van der Waals surface area contributed by atoms with Gasteiger partial charge in [-0.3, -0.25) is 14.2 Å². The first-order chi connectivity index (χ1) is 17.5. The van der Waals surface area contributed by atoms with E-state index in [1.165, 1.54) is 4.52 Å². The van der Waals surface area contributed by atoms with Crippen LogP contribution in [0.2, 0.25) is 0 Å². The van der Waals surface area contributed by atoms with Crippen LogP contribution in [0.1, 0.15) is 45.7 Å². The number of amides is 1. The Balaban J connectivity index is 1.57. The smallest absolute Gasteiger partial charge is 0.264 e. The molecular weight excluding hydrogens is 452 g/mol. The number of para-hydroxylation sites is 1. The van der Waals surface area contributed by atoms with E-state index in [-0.39, 0.29) is 16.9 Å². The molecule has 174 valence electrons. The highest BCUT2D eigenvalue weighted by Gasteiger charge is 2.28. The van der Waals surface area contributed by atoms with Crippen LogP contribution in [-0.4, -0.2) is 25.1 Å². The maximum Gasteiger partial charge on any atom is 0.264 e. The molecule has 0 unspecified atom stereocenters. The molecule has 0 aliphatic heterocycles. The number of carbonyl (C=O) groups is 1. The van der Waals surface area contributed by atoms with Gasteiger partial charge in [0.05, 0.1) is 17.1 Å². The molecular formula is C28H20N6O2. The van der Waals surface area contributed by atoms with Crippen LogP contribution in [0.4, 0.5) is 5.82 Å². The Kier molecular flexibility index (Phi) is 4.73. The first-order valence-electron chi connectivity index (χ1n) is 11.3. The fraction of sp³-hybridized carbons (Fsp3) is 0.0714. The average Bonchev–Trinajstić information content (AvgIpc) is 3.46. The quantitative estimate of drug-likeness (QED) is 0.382. The van der Waals surface area contributed by atoms with Gasteiger partial charge in [0.1, 0.15) is 5.56 Å². The second-order valence-corrected chi connectivity index (χ2v) is 8.55. The predicted molar refractivity (Wildman–Crippen MR) is 140 cm³/mol. The molecule has 0 radical (unpaired) electrons. The zero-order valence-electron chi connectivity index (χ0n) is 19.3. The molecule has 1 atom stereocenters. The van der Waals surface area contributed by atoms with Crippen LogP contribution in [0.5, 0.6) is 0 Å². The second kappa shape index (κ2) is 7.96. The number of hydrogen-bond acceptors (Lipinski definition) is 5. The fourth-order valence-corrected chi connectivity index (χ4v) is 4.92. The van der Waals surface area contributed by atoms with Crippen LogP contribution in [0.25, 0.3) is 34.3 Å². The monoisotopic (exact) mass is 472 g/mol. The van der Waals surface area contributed by atoms with E-state index in [4.69, 9.17) is 12.2 Å². The normalized spacial score (nSPS) is 12.7. The molecule has 8 heteroatoms. The largest absolute Gasteiger partial charge is 0.381 e. The van der Waals surface area contributed by atoms with E-state index >= 15 is 0 Å². The number of nitrogens with one attached hydrogen (secondary N) is 1. The molecule has 0 bridgehead atoms. The summed E-state index contributed by atoms with van der Waals surface area (Å²) in [5.74, 6) is 2.29. The van der Waals surface area contributed by atoms with Gasteiger partial charge in [0.25, 0.3) is 11.5 Å². The third-order valence-corrected chi connectivity index (χ3v) is 6.45. The number of terminal acetylenes is 1. The number of benzene rings is 2. The molecule has 0 saturated carbocycles. The van der Waals surface area contributed by atoms with Crippen molar-refractivity contribution in [2.75, 3.05) is 5.73 Å². The summed E-state index contributed by atoms with van der Waals surface area (Å²) in [5, 5.41) is 8.47. The summed E-state index contributed by atoms with van der Waals surface area (Å²) in [6.45, 7) is 1.83. The number of fused-ring (bicyclic) bond motifs is 1. The Labute approximate surface area is 205 Å². The summed E-state index contributed by atoms with van der Waals surface area (Å²) in [6, 6.07) is 14.1. The molecule has 1 amide bonds. The van der Waals surface area contributed by atoms with E-state index in [9.17, 15) is 9.59 Å². The lowest BCUT2D eigenvalue weighted by molar-refractivity contribution is 0.0941. The van der Waals surface area contributed by atoms with Crippen molar-refractivity contribution in [3.05, 3.63) is 99.2 Å². The summed E-state index contributed by atoms with van der Waals surface area (Å²) in [4.78, 5) is 31.7. The molecule has 5 aromatic rings. The summed E-state index contributed by atoms with van der Waals surface area (Å²) in [5.41, 5.74) is 9.93. The number of nitrogens with two attached hydrogens (primary N) is 1. The number of aromatic nitrogens is 4. The number of hydrogen-bond donors (Lipinski definition) is 2. The minimum Gasteiger partial charge on any atom is -0.381 e. The van der Waals surface area contributed by atoms with Crippen molar-refractivity contribution in [3.63, 3.8) is 0 Å². The zero-order valence-corrected chi connectivity index (χ0v) is 19.3. The number of anilines is 1. The van der Waals surface area contributed by atoms with Crippen molar-refractivity contribution in [3.8, 4) is 18.0 Å². The van der Waals surface area contributed by atoms with Gasteiger partial charge in [-0.25, -0.2) is 9.50 Å². The highest BCUT2D eigenvalue weighted by Crippen LogP contribution is 2.36. The van der Waals surface area contributed by atoms with E-state index in [1.54, 1.807) is 29.1 Å². The Hall–Kier alpha value is -5.16. The molecule has 3 N–H and O–H groups in total. The van der Waals surface area contributed by atoms with E-state index < -0.39 is 11.9 Å². The average molecular weight is 473 g/mol. The van der Waals surface area contributed by atoms with Gasteiger partial charge in [0.15, 0.2) is 11.5 Å². The van der Waals surface area contributed by atoms with Gasteiger partial charge >= 0.3 is 0 Å². The SMILES string of the molecule is C#Cc1ccc2c3c(c([C@H](C)NC(=O)c4c(N)nn5cccnc45)n(-c4ccccc4)c(=O)c13)C=C2. The van der Waals surface area contributed by atoms with Gasteiger partial charge in [-0.15, -0.1) is 11.5 Å². The molecule has 6 rings (SSSR count). The van der Waals surface area contributed by atoms with Gasteiger partial charge in [-0.2, -0.15) is 0 Å². The number of rotatable bonds is 4. The van der Waals surface area contributed by atoms with Gasteiger partial charge in [-0.1, -0.05) is 42.3 Å². The predicted octanol–water partition coefficient (Wildman–Crippen LogP) is 3.57. The van der Waals surface area contributed by atoms with Crippen molar-refractivity contribution in [2.45, 2.75) is 13.0 Å². The van der Waals surface area contributed by atoms with Gasteiger partial charge in [0.2, 0.25) is 0 Å². The minimum absolute atomic E-state index is 0.0720. The van der Waals surface area contributed by atoms with Crippen LogP contribution < -0.4 is 16.6 Å². The van der Waals surface area contributed by atoms with Crippen molar-refractivity contribution >= 4 is 40.3 Å². The third-order valence-electron chi connectivity index (χ3n) is 6.45. The highest BCUT2D eigenvalue weighted by atomic mass is 16.2. The van der Waals surface area contributed by atoms with Crippen LogP contribution in [0, 0.1) is 12.3 Å². The Morgan fingerprint density at radius 2 is 1.92 bits per heavy atom. The summed E-state index contributed by atoms with van der Waals surface area (Å²) >= 11 is 0. The Bertz CT molecular complexity index is 1840. The van der Waals surface area contributed by atoms with Crippen molar-refractivity contribution < 1.29 is 4.79 Å². The van der Waals surface area contributed by atoms with Gasteiger partial charge in [0, 0.05) is 34.6 Å². The van der Waals surface area contributed by atoms with E-state index in [1.807, 2.05) is 55.5 Å². The molecule has 1 aliphatic rings. The van der Waals surface area contributed by atoms with E-state index in [2.05, 4.69) is 21.3 Å². The molecule has 3 aromatic heterocycles. The molecule has 3 heterocycles. The molecule has 8 nitrogen and oxygen atoms in total. The van der Waals surface area contributed by atoms with Crippen molar-refractivity contribution in [1.82, 2.24) is 24.5 Å². The zero-order chi connectivity index (χ0) is 25.0. The van der Waals surface area contributed by atoms with Crippen LogP contribution in [0.3, 0.4) is 0 Å². The summed E-state index contributed by atoms with van der Waals surface area (Å²) in [6.07, 6.45) is 12.9. The van der Waals surface area contributed by atoms with Crippen LogP contribution >= 0.6 is 0 Å². The third kappa shape index (κ3) is 3.03. The summed E-state index contributed by atoms with van der Waals surface area (Å²) in [7, 11) is 0. The molecule has 36 heavy (non-hydrogen) atoms.